The average Bonchev–Trinajstić information content (AvgIpc) is 2.77. The van der Waals surface area contributed by atoms with Gasteiger partial charge in [-0.25, -0.2) is 0 Å². The van der Waals surface area contributed by atoms with Crippen molar-refractivity contribution < 1.29 is 0 Å². The molecule has 2 rings (SSSR count). The summed E-state index contributed by atoms with van der Waals surface area (Å²) in [4.78, 5) is 4.42. The largest absolute Gasteiger partial charge is 0.348 e. The van der Waals surface area contributed by atoms with Gasteiger partial charge in [0.1, 0.15) is 0 Å². The van der Waals surface area contributed by atoms with Gasteiger partial charge in [-0.15, -0.1) is 0 Å². The molecule has 2 aromatic rings. The lowest BCUT2D eigenvalue weighted by molar-refractivity contribution is 0.588. The standard InChI is InChI=1S/C15H21N3/c1-12(2)17-9-14-6-8-18(10-14)11-15-13(3)5-4-7-16-15/h4-8,10,12,17H,9,11H2,1-3H3. The minimum absolute atomic E-state index is 0.520. The normalized spacial score (nSPS) is 11.1. The summed E-state index contributed by atoms with van der Waals surface area (Å²) in [5.41, 5.74) is 3.70. The summed E-state index contributed by atoms with van der Waals surface area (Å²) in [5.74, 6) is 0. The molecule has 0 radical (unpaired) electrons. The molecular formula is C15H21N3. The zero-order chi connectivity index (χ0) is 13.0. The monoisotopic (exact) mass is 243 g/mol. The molecule has 0 atom stereocenters. The van der Waals surface area contributed by atoms with Crippen molar-refractivity contribution in [3.8, 4) is 0 Å². The molecule has 0 unspecified atom stereocenters. The van der Waals surface area contributed by atoms with Crippen molar-refractivity contribution in [2.75, 3.05) is 0 Å². The number of nitrogens with one attached hydrogen (secondary N) is 1. The molecule has 0 saturated heterocycles. The number of aromatic nitrogens is 2. The van der Waals surface area contributed by atoms with Gasteiger partial charge in [-0.05, 0) is 30.2 Å². The summed E-state index contributed by atoms with van der Waals surface area (Å²) in [6.07, 6.45) is 6.15. The van der Waals surface area contributed by atoms with Gasteiger partial charge in [-0.1, -0.05) is 19.9 Å². The summed E-state index contributed by atoms with van der Waals surface area (Å²) < 4.78 is 2.19. The zero-order valence-electron chi connectivity index (χ0n) is 11.4. The Labute approximate surface area is 109 Å². The second kappa shape index (κ2) is 5.83. The predicted octanol–water partition coefficient (Wildman–Crippen LogP) is 2.74. The molecule has 0 aliphatic carbocycles. The second-order valence-electron chi connectivity index (χ2n) is 4.99. The second-order valence-corrected chi connectivity index (χ2v) is 4.99. The highest BCUT2D eigenvalue weighted by molar-refractivity contribution is 5.19. The molecule has 1 N–H and O–H groups in total. The first kappa shape index (κ1) is 12.8. The van der Waals surface area contributed by atoms with Gasteiger partial charge in [-0.2, -0.15) is 0 Å². The van der Waals surface area contributed by atoms with E-state index in [0.29, 0.717) is 6.04 Å². The fourth-order valence-electron chi connectivity index (χ4n) is 1.87. The number of hydrogen-bond acceptors (Lipinski definition) is 2. The predicted molar refractivity (Wildman–Crippen MR) is 74.5 cm³/mol. The molecule has 0 aliphatic heterocycles. The van der Waals surface area contributed by atoms with Crippen LogP contribution in [0.25, 0.3) is 0 Å². The molecule has 0 aromatic carbocycles. The summed E-state index contributed by atoms with van der Waals surface area (Å²) in [6, 6.07) is 6.76. The van der Waals surface area contributed by atoms with E-state index in [1.807, 2.05) is 12.3 Å². The third-order valence-electron chi connectivity index (χ3n) is 2.98. The van der Waals surface area contributed by atoms with E-state index >= 15 is 0 Å². The van der Waals surface area contributed by atoms with E-state index in [1.165, 1.54) is 11.1 Å². The highest BCUT2D eigenvalue weighted by Gasteiger charge is 2.02. The van der Waals surface area contributed by atoms with Crippen LogP contribution in [0.4, 0.5) is 0 Å². The van der Waals surface area contributed by atoms with Crippen LogP contribution in [0.2, 0.25) is 0 Å². The van der Waals surface area contributed by atoms with Gasteiger partial charge in [-0.3, -0.25) is 4.98 Å². The summed E-state index contributed by atoms with van der Waals surface area (Å²) in [5, 5.41) is 3.42. The minimum Gasteiger partial charge on any atom is -0.348 e. The van der Waals surface area contributed by atoms with E-state index in [9.17, 15) is 0 Å². The first-order chi connectivity index (χ1) is 8.65. The molecule has 0 spiro atoms. The number of pyridine rings is 1. The van der Waals surface area contributed by atoms with Crippen molar-refractivity contribution in [1.29, 1.82) is 0 Å². The van der Waals surface area contributed by atoms with Crippen LogP contribution in [0.3, 0.4) is 0 Å². The third-order valence-corrected chi connectivity index (χ3v) is 2.98. The molecule has 18 heavy (non-hydrogen) atoms. The fraction of sp³-hybridized carbons (Fsp3) is 0.400. The van der Waals surface area contributed by atoms with Gasteiger partial charge < -0.3 is 9.88 Å². The molecule has 2 heterocycles. The Hall–Kier alpha value is -1.61. The number of rotatable bonds is 5. The highest BCUT2D eigenvalue weighted by atomic mass is 15.0. The Morgan fingerprint density at radius 2 is 2.17 bits per heavy atom. The molecule has 0 amide bonds. The molecule has 96 valence electrons. The van der Waals surface area contributed by atoms with Crippen LogP contribution in [0.5, 0.6) is 0 Å². The van der Waals surface area contributed by atoms with Crippen molar-refractivity contribution in [3.05, 3.63) is 53.6 Å². The molecule has 0 saturated carbocycles. The first-order valence-corrected chi connectivity index (χ1v) is 6.43. The summed E-state index contributed by atoms with van der Waals surface area (Å²) in [7, 11) is 0. The van der Waals surface area contributed by atoms with Crippen LogP contribution >= 0.6 is 0 Å². The average molecular weight is 243 g/mol. The van der Waals surface area contributed by atoms with Crippen molar-refractivity contribution in [1.82, 2.24) is 14.9 Å². The maximum atomic E-state index is 4.42. The fourth-order valence-corrected chi connectivity index (χ4v) is 1.87. The highest BCUT2D eigenvalue weighted by Crippen LogP contribution is 2.08. The Morgan fingerprint density at radius 1 is 1.33 bits per heavy atom. The van der Waals surface area contributed by atoms with E-state index in [2.05, 4.69) is 60.2 Å². The zero-order valence-corrected chi connectivity index (χ0v) is 11.4. The smallest absolute Gasteiger partial charge is 0.0645 e. The van der Waals surface area contributed by atoms with Gasteiger partial charge in [0, 0.05) is 31.2 Å². The molecule has 2 aromatic heterocycles. The Kier molecular flexibility index (Phi) is 4.15. The summed E-state index contributed by atoms with van der Waals surface area (Å²) in [6.45, 7) is 8.19. The van der Waals surface area contributed by atoms with Gasteiger partial charge in [0.2, 0.25) is 0 Å². The lowest BCUT2D eigenvalue weighted by Gasteiger charge is -2.07. The Morgan fingerprint density at radius 3 is 2.89 bits per heavy atom. The van der Waals surface area contributed by atoms with Crippen LogP contribution in [-0.2, 0) is 13.1 Å². The van der Waals surface area contributed by atoms with Crippen LogP contribution in [0.15, 0.2) is 36.8 Å². The van der Waals surface area contributed by atoms with Crippen molar-refractivity contribution in [2.45, 2.75) is 39.9 Å². The number of nitrogens with zero attached hydrogens (tertiary/aromatic N) is 2. The lowest BCUT2D eigenvalue weighted by atomic mass is 10.2. The minimum atomic E-state index is 0.520. The van der Waals surface area contributed by atoms with Crippen molar-refractivity contribution in [2.24, 2.45) is 0 Å². The number of hydrogen-bond donors (Lipinski definition) is 1. The molecule has 3 heteroatoms. The van der Waals surface area contributed by atoms with Gasteiger partial charge in [0.25, 0.3) is 0 Å². The maximum Gasteiger partial charge on any atom is 0.0645 e. The van der Waals surface area contributed by atoms with Gasteiger partial charge >= 0.3 is 0 Å². The van der Waals surface area contributed by atoms with Crippen LogP contribution < -0.4 is 5.32 Å². The van der Waals surface area contributed by atoms with Crippen LogP contribution in [-0.4, -0.2) is 15.6 Å². The molecular weight excluding hydrogens is 222 g/mol. The molecule has 0 fully saturated rings. The van der Waals surface area contributed by atoms with E-state index < -0.39 is 0 Å². The van der Waals surface area contributed by atoms with Gasteiger partial charge in [0.05, 0.1) is 12.2 Å². The van der Waals surface area contributed by atoms with Gasteiger partial charge in [0.15, 0.2) is 0 Å². The lowest BCUT2D eigenvalue weighted by Crippen LogP contribution is -2.21. The quantitative estimate of drug-likeness (QED) is 0.875. The SMILES string of the molecule is Cc1cccnc1Cn1ccc(CNC(C)C)c1. The third kappa shape index (κ3) is 3.44. The van der Waals surface area contributed by atoms with E-state index in [-0.39, 0.29) is 0 Å². The molecule has 0 bridgehead atoms. The van der Waals surface area contributed by atoms with E-state index in [4.69, 9.17) is 0 Å². The van der Waals surface area contributed by atoms with Crippen LogP contribution in [0.1, 0.15) is 30.7 Å². The van der Waals surface area contributed by atoms with Crippen molar-refractivity contribution in [3.63, 3.8) is 0 Å². The van der Waals surface area contributed by atoms with E-state index in [1.54, 1.807) is 0 Å². The van der Waals surface area contributed by atoms with Crippen LogP contribution in [0, 0.1) is 6.92 Å². The topological polar surface area (TPSA) is 29.9 Å². The number of aryl methyl sites for hydroxylation is 1. The summed E-state index contributed by atoms with van der Waals surface area (Å²) >= 11 is 0. The van der Waals surface area contributed by atoms with E-state index in [0.717, 1.165) is 18.8 Å². The molecule has 0 aliphatic rings. The van der Waals surface area contributed by atoms with Crippen molar-refractivity contribution >= 4 is 0 Å². The molecule has 3 nitrogen and oxygen atoms in total. The Bertz CT molecular complexity index is 500. The first-order valence-electron chi connectivity index (χ1n) is 6.43. The maximum absolute atomic E-state index is 4.42. The Balaban J connectivity index is 2.00.